The van der Waals surface area contributed by atoms with Gasteiger partial charge in [-0.25, -0.2) is 18.8 Å². The van der Waals surface area contributed by atoms with Gasteiger partial charge in [-0.1, -0.05) is 6.07 Å². The molecule has 1 saturated heterocycles. The number of hydrogen-bond acceptors (Lipinski definition) is 6. The van der Waals surface area contributed by atoms with Crippen molar-refractivity contribution in [3.05, 3.63) is 45.7 Å². The van der Waals surface area contributed by atoms with Gasteiger partial charge in [0.15, 0.2) is 0 Å². The Balaban J connectivity index is 1.33. The molecule has 0 N–H and O–H groups in total. The monoisotopic (exact) mass is 459 g/mol. The summed E-state index contributed by atoms with van der Waals surface area (Å²) < 4.78 is 25.2. The van der Waals surface area contributed by atoms with Gasteiger partial charge in [0.2, 0.25) is 0 Å². The number of likely N-dealkylation sites (N-methyl/N-ethyl adjacent to an activating group) is 1. The first-order valence-corrected chi connectivity index (χ1v) is 11.2. The van der Waals surface area contributed by atoms with Crippen LogP contribution in [0.15, 0.2) is 23.4 Å². The van der Waals surface area contributed by atoms with Crippen molar-refractivity contribution in [1.29, 1.82) is 0 Å². The van der Waals surface area contributed by atoms with Crippen LogP contribution in [0.2, 0.25) is 0 Å². The molecule has 1 fully saturated rings. The molecule has 9 heteroatoms. The Bertz CT molecular complexity index is 1020. The first-order chi connectivity index (χ1) is 15.7. The number of benzene rings is 1. The molecule has 0 aromatic heterocycles. The first-order valence-electron chi connectivity index (χ1n) is 11.2. The van der Waals surface area contributed by atoms with Gasteiger partial charge in [0.25, 0.3) is 0 Å². The van der Waals surface area contributed by atoms with Crippen molar-refractivity contribution >= 4 is 18.0 Å². The van der Waals surface area contributed by atoms with E-state index in [1.54, 1.807) is 21.0 Å². The van der Waals surface area contributed by atoms with Crippen LogP contribution in [-0.4, -0.2) is 85.2 Å². The average molecular weight is 460 g/mol. The number of piperidine rings is 1. The third-order valence-electron chi connectivity index (χ3n) is 7.14. The van der Waals surface area contributed by atoms with Crippen LogP contribution >= 0.6 is 0 Å². The van der Waals surface area contributed by atoms with Crippen LogP contribution in [-0.2, 0) is 27.3 Å². The summed E-state index contributed by atoms with van der Waals surface area (Å²) >= 11 is 0. The zero-order chi connectivity index (χ0) is 23.9. The predicted molar refractivity (Wildman–Crippen MR) is 118 cm³/mol. The fourth-order valence-corrected chi connectivity index (χ4v) is 4.85. The van der Waals surface area contributed by atoms with Crippen LogP contribution in [0.25, 0.3) is 0 Å². The normalized spacial score (nSPS) is 22.8. The third-order valence-corrected chi connectivity index (χ3v) is 7.14. The van der Waals surface area contributed by atoms with Crippen molar-refractivity contribution in [1.82, 2.24) is 14.7 Å². The van der Waals surface area contributed by atoms with Gasteiger partial charge in [-0.2, -0.15) is 0 Å². The fourth-order valence-electron chi connectivity index (χ4n) is 4.85. The molecule has 2 unspecified atom stereocenters. The van der Waals surface area contributed by atoms with Gasteiger partial charge in [0.05, 0.1) is 22.9 Å². The molecular weight excluding hydrogens is 429 g/mol. The lowest BCUT2D eigenvalue weighted by atomic mass is 9.96. The van der Waals surface area contributed by atoms with Crippen molar-refractivity contribution < 1.29 is 28.2 Å². The van der Waals surface area contributed by atoms with Crippen LogP contribution in [0.4, 0.5) is 9.18 Å². The number of hydrogen-bond donors (Lipinski definition) is 0. The highest BCUT2D eigenvalue weighted by atomic mass is 19.1. The molecule has 1 aromatic carbocycles. The second kappa shape index (κ2) is 9.13. The minimum atomic E-state index is -1.18. The molecule has 4 rings (SSSR count). The Morgan fingerprint density at radius 1 is 1.15 bits per heavy atom. The number of alkyl halides is 1. The lowest BCUT2D eigenvalue weighted by molar-refractivity contribution is -0.136. The molecule has 1 aromatic rings. The molecule has 33 heavy (non-hydrogen) atoms. The molecule has 3 heterocycles. The number of ether oxygens (including phenoxy) is 2. The molecule has 178 valence electrons. The van der Waals surface area contributed by atoms with E-state index in [-0.39, 0.29) is 25.2 Å². The number of urea groups is 1. The Hall–Kier alpha value is -2.94. The molecule has 0 saturated carbocycles. The number of fused-ring (bicyclic) bond motifs is 1. The minimum Gasteiger partial charge on any atom is -0.457 e. The van der Waals surface area contributed by atoms with E-state index in [0.717, 1.165) is 23.1 Å². The summed E-state index contributed by atoms with van der Waals surface area (Å²) in [6.07, 6.45) is 0.102. The van der Waals surface area contributed by atoms with E-state index in [2.05, 4.69) is 4.90 Å². The van der Waals surface area contributed by atoms with Crippen LogP contribution in [0.3, 0.4) is 0 Å². The van der Waals surface area contributed by atoms with Crippen molar-refractivity contribution in [2.45, 2.75) is 45.5 Å². The fraction of sp³-hybridized carbons (Fsp3) is 0.542. The summed E-state index contributed by atoms with van der Waals surface area (Å²) in [6.45, 7) is 5.63. The molecule has 0 spiro atoms. The maximum absolute atomic E-state index is 15.1. The van der Waals surface area contributed by atoms with Gasteiger partial charge in [-0.15, -0.1) is 0 Å². The van der Waals surface area contributed by atoms with Crippen molar-refractivity contribution in [2.75, 3.05) is 40.3 Å². The van der Waals surface area contributed by atoms with Gasteiger partial charge in [0.1, 0.15) is 19.4 Å². The summed E-state index contributed by atoms with van der Waals surface area (Å²) in [7, 11) is 3.19. The molecule has 0 radical (unpaired) electrons. The SMILES string of the molecule is CC1=C(N(C)C(=O)N(C)C2CCN(CCc3ccc4c(c3C)COC4=O)CC2F)COC1=O. The Kier molecular flexibility index (Phi) is 6.43. The number of nitrogens with zero attached hydrogens (tertiary/aromatic N) is 3. The summed E-state index contributed by atoms with van der Waals surface area (Å²) in [6, 6.07) is 2.89. The van der Waals surface area contributed by atoms with E-state index in [1.807, 2.05) is 19.1 Å². The van der Waals surface area contributed by atoms with Crippen LogP contribution in [0.5, 0.6) is 0 Å². The predicted octanol–water partition coefficient (Wildman–Crippen LogP) is 2.43. The minimum absolute atomic E-state index is 0.0562. The summed E-state index contributed by atoms with van der Waals surface area (Å²) in [5, 5.41) is 0. The number of likely N-dealkylation sites (tertiary alicyclic amines) is 1. The number of rotatable bonds is 5. The number of amides is 2. The molecule has 3 aliphatic heterocycles. The lowest BCUT2D eigenvalue weighted by Crippen LogP contribution is -2.55. The van der Waals surface area contributed by atoms with Crippen LogP contribution in [0.1, 0.15) is 40.4 Å². The van der Waals surface area contributed by atoms with Crippen LogP contribution in [0, 0.1) is 6.92 Å². The van der Waals surface area contributed by atoms with Gasteiger partial charge in [-0.3, -0.25) is 9.80 Å². The molecule has 2 amide bonds. The second-order valence-corrected chi connectivity index (χ2v) is 8.97. The van der Waals surface area contributed by atoms with Crippen molar-refractivity contribution in [3.8, 4) is 0 Å². The summed E-state index contributed by atoms with van der Waals surface area (Å²) in [5.74, 6) is -0.702. The molecule has 3 aliphatic rings. The van der Waals surface area contributed by atoms with Crippen molar-refractivity contribution in [3.63, 3.8) is 0 Å². The molecule has 2 atom stereocenters. The second-order valence-electron chi connectivity index (χ2n) is 8.97. The van der Waals surface area contributed by atoms with Gasteiger partial charge >= 0.3 is 18.0 Å². The molecular formula is C24H30FN3O5. The maximum Gasteiger partial charge on any atom is 0.338 e. The Morgan fingerprint density at radius 3 is 2.55 bits per heavy atom. The standard InChI is InChI=1S/C24H30FN3O5/c1-14-16(5-6-17-18(14)12-32-23(17)30)7-9-28-10-8-20(19(25)11-28)26(3)24(31)27(4)21-13-33-22(29)15(21)2/h5-6,19-20H,7-13H2,1-4H3. The largest absolute Gasteiger partial charge is 0.457 e. The first kappa shape index (κ1) is 23.2. The summed E-state index contributed by atoms with van der Waals surface area (Å²) in [5.41, 5.74) is 4.71. The third kappa shape index (κ3) is 4.34. The Morgan fingerprint density at radius 2 is 1.88 bits per heavy atom. The van der Waals surface area contributed by atoms with Crippen LogP contribution < -0.4 is 0 Å². The average Bonchev–Trinajstić information content (AvgIpc) is 3.34. The number of cyclic esters (lactones) is 2. The molecule has 0 aliphatic carbocycles. The van der Waals surface area contributed by atoms with Gasteiger partial charge in [-0.05, 0) is 43.9 Å². The van der Waals surface area contributed by atoms with E-state index in [1.165, 1.54) is 9.80 Å². The smallest absolute Gasteiger partial charge is 0.338 e. The number of halogens is 1. The highest BCUT2D eigenvalue weighted by molar-refractivity contribution is 5.94. The zero-order valence-corrected chi connectivity index (χ0v) is 19.5. The highest BCUT2D eigenvalue weighted by Crippen LogP contribution is 2.27. The van der Waals surface area contributed by atoms with E-state index in [4.69, 9.17) is 9.47 Å². The number of esters is 2. The highest BCUT2D eigenvalue weighted by Gasteiger charge is 2.37. The van der Waals surface area contributed by atoms with E-state index < -0.39 is 18.2 Å². The van der Waals surface area contributed by atoms with E-state index in [0.29, 0.717) is 43.0 Å². The van der Waals surface area contributed by atoms with Gasteiger partial charge in [0, 0.05) is 39.3 Å². The summed E-state index contributed by atoms with van der Waals surface area (Å²) in [4.78, 5) is 41.1. The Labute approximate surface area is 192 Å². The quantitative estimate of drug-likeness (QED) is 0.630. The molecule has 0 bridgehead atoms. The molecule has 8 nitrogen and oxygen atoms in total. The van der Waals surface area contributed by atoms with E-state index in [9.17, 15) is 14.4 Å². The number of carbonyl (C=O) groups is 3. The zero-order valence-electron chi connectivity index (χ0n) is 19.5. The number of carbonyl (C=O) groups excluding carboxylic acids is 3. The topological polar surface area (TPSA) is 79.4 Å². The van der Waals surface area contributed by atoms with Gasteiger partial charge < -0.3 is 14.4 Å². The van der Waals surface area contributed by atoms with Crippen molar-refractivity contribution in [2.24, 2.45) is 0 Å². The maximum atomic E-state index is 15.1. The lowest BCUT2D eigenvalue weighted by Gasteiger charge is -2.40. The van der Waals surface area contributed by atoms with E-state index >= 15 is 4.39 Å².